The second-order valence-corrected chi connectivity index (χ2v) is 8.04. The Morgan fingerprint density at radius 3 is 2.17 bits per heavy atom. The molecule has 3 aromatic rings. The van der Waals surface area contributed by atoms with Crippen molar-refractivity contribution in [3.63, 3.8) is 0 Å². The normalized spacial score (nSPS) is 10.9. The fourth-order valence-corrected chi connectivity index (χ4v) is 3.84. The smallest absolute Gasteiger partial charge is 0.261 e. The second kappa shape index (κ2) is 9.32. The first-order chi connectivity index (χ1) is 14.4. The van der Waals surface area contributed by atoms with Crippen molar-refractivity contribution in [2.75, 3.05) is 18.9 Å². The maximum atomic E-state index is 12.5. The molecule has 7 nitrogen and oxygen atoms in total. The highest BCUT2D eigenvalue weighted by Gasteiger charge is 2.15. The first kappa shape index (κ1) is 21.2. The molecule has 0 radical (unpaired) electrons. The number of methoxy groups -OCH3 is 2. The first-order valence-electron chi connectivity index (χ1n) is 9.10. The van der Waals surface area contributed by atoms with Gasteiger partial charge in [0.25, 0.3) is 15.9 Å². The van der Waals surface area contributed by atoms with Crippen LogP contribution in [0, 0.1) is 0 Å². The lowest BCUT2D eigenvalue weighted by atomic mass is 10.1. The van der Waals surface area contributed by atoms with Crippen LogP contribution in [-0.4, -0.2) is 28.5 Å². The van der Waals surface area contributed by atoms with Gasteiger partial charge in [0.15, 0.2) is 0 Å². The number of amides is 1. The molecule has 8 heteroatoms. The SMILES string of the molecule is COc1ccc(S(=O)(=O)Nc2ccc(C(=O)NCc3ccccc3OC)cc2)cc1. The van der Waals surface area contributed by atoms with Gasteiger partial charge in [-0.25, -0.2) is 8.42 Å². The van der Waals surface area contributed by atoms with Crippen LogP contribution in [0.15, 0.2) is 77.7 Å². The number of carbonyl (C=O) groups is 1. The van der Waals surface area contributed by atoms with Crippen molar-refractivity contribution in [3.05, 3.63) is 83.9 Å². The number of hydrogen-bond acceptors (Lipinski definition) is 5. The Morgan fingerprint density at radius 1 is 0.867 bits per heavy atom. The third-order valence-electron chi connectivity index (χ3n) is 4.40. The molecular weight excluding hydrogens is 404 g/mol. The molecule has 3 rings (SSSR count). The zero-order valence-electron chi connectivity index (χ0n) is 16.6. The van der Waals surface area contributed by atoms with Gasteiger partial charge in [0.05, 0.1) is 19.1 Å². The van der Waals surface area contributed by atoms with Crippen LogP contribution in [0.4, 0.5) is 5.69 Å². The molecule has 0 atom stereocenters. The van der Waals surface area contributed by atoms with Crippen molar-refractivity contribution in [2.24, 2.45) is 0 Å². The van der Waals surface area contributed by atoms with E-state index in [1.165, 1.54) is 19.2 Å². The molecule has 3 aromatic carbocycles. The summed E-state index contributed by atoms with van der Waals surface area (Å²) in [6.45, 7) is 0.314. The Labute approximate surface area is 175 Å². The summed E-state index contributed by atoms with van der Waals surface area (Å²) in [5, 5.41) is 2.82. The van der Waals surface area contributed by atoms with E-state index in [2.05, 4.69) is 10.0 Å². The fourth-order valence-electron chi connectivity index (χ4n) is 2.79. The lowest BCUT2D eigenvalue weighted by Gasteiger charge is -2.11. The van der Waals surface area contributed by atoms with Crippen molar-refractivity contribution in [1.29, 1.82) is 0 Å². The summed E-state index contributed by atoms with van der Waals surface area (Å²) in [4.78, 5) is 12.5. The van der Waals surface area contributed by atoms with E-state index in [0.717, 1.165) is 5.56 Å². The van der Waals surface area contributed by atoms with Gasteiger partial charge in [-0.2, -0.15) is 0 Å². The Balaban J connectivity index is 1.64. The zero-order valence-corrected chi connectivity index (χ0v) is 17.4. The Bertz CT molecular complexity index is 1110. The topological polar surface area (TPSA) is 93.7 Å². The van der Waals surface area contributed by atoms with Gasteiger partial charge in [0.2, 0.25) is 0 Å². The summed E-state index contributed by atoms with van der Waals surface area (Å²) in [6.07, 6.45) is 0. The van der Waals surface area contributed by atoms with Gasteiger partial charge in [-0.1, -0.05) is 18.2 Å². The largest absolute Gasteiger partial charge is 0.497 e. The second-order valence-electron chi connectivity index (χ2n) is 6.35. The Kier molecular flexibility index (Phi) is 6.58. The van der Waals surface area contributed by atoms with Crippen LogP contribution in [0.25, 0.3) is 0 Å². The maximum absolute atomic E-state index is 12.5. The standard InChI is InChI=1S/C22H22N2O5S/c1-28-19-11-13-20(14-12-19)30(26,27)24-18-9-7-16(8-10-18)22(25)23-15-17-5-3-4-6-21(17)29-2/h3-14,24H,15H2,1-2H3,(H,23,25). The molecule has 0 spiro atoms. The van der Waals surface area contributed by atoms with Gasteiger partial charge in [0.1, 0.15) is 11.5 Å². The van der Waals surface area contributed by atoms with Crippen molar-refractivity contribution < 1.29 is 22.7 Å². The number of nitrogens with one attached hydrogen (secondary N) is 2. The van der Waals surface area contributed by atoms with Crippen molar-refractivity contribution in [1.82, 2.24) is 5.32 Å². The highest BCUT2D eigenvalue weighted by molar-refractivity contribution is 7.92. The molecule has 0 aliphatic heterocycles. The molecule has 0 saturated heterocycles. The van der Waals surface area contributed by atoms with E-state index in [-0.39, 0.29) is 10.8 Å². The number of para-hydroxylation sites is 1. The molecule has 0 heterocycles. The number of carbonyl (C=O) groups excluding carboxylic acids is 1. The number of benzene rings is 3. The lowest BCUT2D eigenvalue weighted by molar-refractivity contribution is 0.0950. The molecule has 0 aromatic heterocycles. The number of sulfonamides is 1. The van der Waals surface area contributed by atoms with E-state index in [4.69, 9.17) is 9.47 Å². The van der Waals surface area contributed by atoms with Gasteiger partial charge < -0.3 is 14.8 Å². The number of ether oxygens (including phenoxy) is 2. The number of anilines is 1. The summed E-state index contributed by atoms with van der Waals surface area (Å²) >= 11 is 0. The third-order valence-corrected chi connectivity index (χ3v) is 5.80. The lowest BCUT2D eigenvalue weighted by Crippen LogP contribution is -2.23. The summed E-state index contributed by atoms with van der Waals surface area (Å²) in [7, 11) is -0.660. The average molecular weight is 426 g/mol. The molecule has 0 aliphatic rings. The Hall–Kier alpha value is -3.52. The predicted octanol–water partition coefficient (Wildman–Crippen LogP) is 3.43. The molecular formula is C22H22N2O5S. The van der Waals surface area contributed by atoms with Gasteiger partial charge in [-0.15, -0.1) is 0 Å². The molecule has 30 heavy (non-hydrogen) atoms. The molecule has 0 unspecified atom stereocenters. The molecule has 0 saturated carbocycles. The van der Waals surface area contributed by atoms with Crippen LogP contribution < -0.4 is 19.5 Å². The van der Waals surface area contributed by atoms with Crippen LogP contribution in [0.1, 0.15) is 15.9 Å². The van der Waals surface area contributed by atoms with Crippen LogP contribution in [0.2, 0.25) is 0 Å². The van der Waals surface area contributed by atoms with E-state index in [1.807, 2.05) is 24.3 Å². The zero-order chi connectivity index (χ0) is 21.6. The average Bonchev–Trinajstić information content (AvgIpc) is 2.78. The summed E-state index contributed by atoms with van der Waals surface area (Å²) in [6, 6.07) is 19.7. The van der Waals surface area contributed by atoms with Crippen molar-refractivity contribution in [2.45, 2.75) is 11.4 Å². The van der Waals surface area contributed by atoms with Gasteiger partial charge in [-0.05, 0) is 54.6 Å². The summed E-state index contributed by atoms with van der Waals surface area (Å²) in [5.41, 5.74) is 1.63. The summed E-state index contributed by atoms with van der Waals surface area (Å²) < 4.78 is 37.8. The van der Waals surface area contributed by atoms with Crippen LogP contribution in [-0.2, 0) is 16.6 Å². The van der Waals surface area contributed by atoms with Crippen LogP contribution in [0.5, 0.6) is 11.5 Å². The molecule has 0 bridgehead atoms. The van der Waals surface area contributed by atoms with E-state index >= 15 is 0 Å². The third kappa shape index (κ3) is 5.09. The van der Waals surface area contributed by atoms with Gasteiger partial charge >= 0.3 is 0 Å². The number of rotatable bonds is 8. The fraction of sp³-hybridized carbons (Fsp3) is 0.136. The summed E-state index contributed by atoms with van der Waals surface area (Å²) in [5.74, 6) is 0.990. The molecule has 2 N–H and O–H groups in total. The molecule has 156 valence electrons. The van der Waals surface area contributed by atoms with E-state index in [1.54, 1.807) is 43.5 Å². The minimum Gasteiger partial charge on any atom is -0.497 e. The van der Waals surface area contributed by atoms with E-state index < -0.39 is 10.0 Å². The molecule has 0 fully saturated rings. The minimum atomic E-state index is -3.75. The Morgan fingerprint density at radius 2 is 1.53 bits per heavy atom. The van der Waals surface area contributed by atoms with E-state index in [0.29, 0.717) is 29.3 Å². The van der Waals surface area contributed by atoms with Crippen LogP contribution >= 0.6 is 0 Å². The highest BCUT2D eigenvalue weighted by atomic mass is 32.2. The van der Waals surface area contributed by atoms with Gasteiger partial charge in [0, 0.05) is 23.4 Å². The monoisotopic (exact) mass is 426 g/mol. The predicted molar refractivity (Wildman–Crippen MR) is 114 cm³/mol. The first-order valence-corrected chi connectivity index (χ1v) is 10.6. The molecule has 1 amide bonds. The van der Waals surface area contributed by atoms with Crippen molar-refractivity contribution >= 4 is 21.6 Å². The van der Waals surface area contributed by atoms with Crippen LogP contribution in [0.3, 0.4) is 0 Å². The van der Waals surface area contributed by atoms with Gasteiger partial charge in [-0.3, -0.25) is 9.52 Å². The quantitative estimate of drug-likeness (QED) is 0.576. The number of hydrogen-bond donors (Lipinski definition) is 2. The minimum absolute atomic E-state index is 0.113. The maximum Gasteiger partial charge on any atom is 0.261 e. The highest BCUT2D eigenvalue weighted by Crippen LogP contribution is 2.20. The van der Waals surface area contributed by atoms with Crippen molar-refractivity contribution in [3.8, 4) is 11.5 Å². The van der Waals surface area contributed by atoms with E-state index in [9.17, 15) is 13.2 Å². The molecule has 0 aliphatic carbocycles.